The average molecular weight is 374 g/mol. The minimum absolute atomic E-state index is 0.108. The van der Waals surface area contributed by atoms with Crippen molar-refractivity contribution >= 4 is 35.5 Å². The molecule has 3 aliphatic heterocycles. The third-order valence-corrected chi connectivity index (χ3v) is 6.37. The van der Waals surface area contributed by atoms with Gasteiger partial charge in [0.25, 0.3) is 11.8 Å². The molecule has 0 bridgehead atoms. The molecule has 0 radical (unpaired) electrons. The zero-order valence-corrected chi connectivity index (χ0v) is 15.0. The molecule has 1 aromatic carbocycles. The highest BCUT2D eigenvalue weighted by Crippen LogP contribution is 2.39. The lowest BCUT2D eigenvalue weighted by atomic mass is 10.0. The smallest absolute Gasteiger partial charge is 0.329 e. The Morgan fingerprint density at radius 1 is 1.15 bits per heavy atom. The maximum atomic E-state index is 13.1. The molecule has 0 aliphatic carbocycles. The van der Waals surface area contributed by atoms with E-state index in [1.807, 2.05) is 0 Å². The number of nitrogens with zero attached hydrogens (tertiary/aromatic N) is 2. The van der Waals surface area contributed by atoms with Gasteiger partial charge in [-0.05, 0) is 31.9 Å². The molecule has 0 aromatic heterocycles. The van der Waals surface area contributed by atoms with Crippen molar-refractivity contribution in [3.05, 3.63) is 35.4 Å². The van der Waals surface area contributed by atoms with Gasteiger partial charge in [0.2, 0.25) is 5.91 Å². The van der Waals surface area contributed by atoms with Crippen LogP contribution in [0.5, 0.6) is 0 Å². The van der Waals surface area contributed by atoms with Crippen molar-refractivity contribution < 1.29 is 23.9 Å². The highest BCUT2D eigenvalue weighted by molar-refractivity contribution is 8.00. The lowest BCUT2D eigenvalue weighted by Gasteiger charge is -2.39. The predicted octanol–water partition coefficient (Wildman–Crippen LogP) is 1.28. The summed E-state index contributed by atoms with van der Waals surface area (Å²) in [6.07, 6.45) is 1.04. The van der Waals surface area contributed by atoms with E-state index in [1.165, 1.54) is 4.90 Å². The topological polar surface area (TPSA) is 84.0 Å². The van der Waals surface area contributed by atoms with E-state index in [0.29, 0.717) is 29.7 Å². The number of amides is 3. The molecule has 1 aromatic rings. The van der Waals surface area contributed by atoms with Gasteiger partial charge in [-0.3, -0.25) is 19.3 Å². The molecular weight excluding hydrogens is 356 g/mol. The van der Waals surface area contributed by atoms with Crippen molar-refractivity contribution in [1.29, 1.82) is 0 Å². The van der Waals surface area contributed by atoms with Crippen molar-refractivity contribution in [2.45, 2.75) is 37.2 Å². The Bertz CT molecular complexity index is 776. The number of carbonyl (C=O) groups excluding carboxylic acids is 4. The van der Waals surface area contributed by atoms with Crippen LogP contribution in [0, 0.1) is 0 Å². The van der Waals surface area contributed by atoms with Gasteiger partial charge < -0.3 is 9.64 Å². The number of hydrogen-bond acceptors (Lipinski definition) is 6. The van der Waals surface area contributed by atoms with E-state index < -0.39 is 29.9 Å². The maximum absolute atomic E-state index is 13.1. The third-order valence-electron chi connectivity index (χ3n) is 5.01. The molecule has 0 saturated carbocycles. The largest absolute Gasteiger partial charge is 0.464 e. The van der Waals surface area contributed by atoms with Gasteiger partial charge in [0.05, 0.1) is 23.1 Å². The van der Waals surface area contributed by atoms with E-state index in [-0.39, 0.29) is 17.9 Å². The number of rotatable bonds is 3. The first kappa shape index (κ1) is 17.1. The van der Waals surface area contributed by atoms with E-state index in [2.05, 4.69) is 0 Å². The Labute approximate surface area is 154 Å². The maximum Gasteiger partial charge on any atom is 0.329 e. The van der Waals surface area contributed by atoms with Crippen LogP contribution in [-0.4, -0.2) is 63.3 Å². The van der Waals surface area contributed by atoms with Crippen LogP contribution in [0.1, 0.15) is 40.5 Å². The highest BCUT2D eigenvalue weighted by atomic mass is 32.2. The Morgan fingerprint density at radius 2 is 1.81 bits per heavy atom. The van der Waals surface area contributed by atoms with Gasteiger partial charge in [0.15, 0.2) is 0 Å². The van der Waals surface area contributed by atoms with Crippen molar-refractivity contribution in [2.75, 3.05) is 12.4 Å². The summed E-state index contributed by atoms with van der Waals surface area (Å²) in [4.78, 5) is 53.3. The number of esters is 1. The van der Waals surface area contributed by atoms with Crippen LogP contribution in [0.25, 0.3) is 0 Å². The Morgan fingerprint density at radius 3 is 2.42 bits per heavy atom. The lowest BCUT2D eigenvalue weighted by Crippen LogP contribution is -2.58. The molecule has 7 nitrogen and oxygen atoms in total. The molecule has 3 aliphatic rings. The van der Waals surface area contributed by atoms with E-state index in [9.17, 15) is 19.2 Å². The Kier molecular flexibility index (Phi) is 4.22. The van der Waals surface area contributed by atoms with Crippen molar-refractivity contribution in [2.24, 2.45) is 0 Å². The summed E-state index contributed by atoms with van der Waals surface area (Å²) < 4.78 is 5.08. The van der Waals surface area contributed by atoms with Gasteiger partial charge in [-0.1, -0.05) is 12.1 Å². The quantitative estimate of drug-likeness (QED) is 0.585. The molecule has 3 heterocycles. The summed E-state index contributed by atoms with van der Waals surface area (Å²) in [5.41, 5.74) is 0.648. The fourth-order valence-electron chi connectivity index (χ4n) is 3.83. The number of carbonyl (C=O) groups is 4. The van der Waals surface area contributed by atoms with Gasteiger partial charge in [0, 0.05) is 5.75 Å². The van der Waals surface area contributed by atoms with Gasteiger partial charge in [-0.15, -0.1) is 11.8 Å². The monoisotopic (exact) mass is 374 g/mol. The molecule has 26 heavy (non-hydrogen) atoms. The molecule has 2 fully saturated rings. The first-order chi connectivity index (χ1) is 12.5. The predicted molar refractivity (Wildman–Crippen MR) is 93.5 cm³/mol. The summed E-state index contributed by atoms with van der Waals surface area (Å²) in [5, 5.41) is -0.108. The zero-order chi connectivity index (χ0) is 18.4. The van der Waals surface area contributed by atoms with Crippen LogP contribution in [-0.2, 0) is 14.3 Å². The molecule has 0 N–H and O–H groups in total. The number of ether oxygens (including phenoxy) is 1. The molecule has 8 heteroatoms. The SMILES string of the molecule is CCOC(=O)[C@@H]1CS[C@H]2CC[C@@H](N3C(=O)c4ccccc4C3=O)C(=O)N21. The standard InChI is InChI=1S/C18H18N2O5S/c1-2-25-18(24)13-9-26-14-8-7-12(17(23)19(13)14)20-15(21)10-5-3-4-6-11(10)16(20)22/h3-6,12-14H,2,7-9H2,1H3/t12-,13+,14+/m1/s1. The summed E-state index contributed by atoms with van der Waals surface area (Å²) in [7, 11) is 0. The van der Waals surface area contributed by atoms with Crippen LogP contribution in [0.15, 0.2) is 24.3 Å². The first-order valence-corrected chi connectivity index (χ1v) is 9.66. The third kappa shape index (κ3) is 2.43. The van der Waals surface area contributed by atoms with Crippen LogP contribution in [0.2, 0.25) is 0 Å². The summed E-state index contributed by atoms with van der Waals surface area (Å²) in [6, 6.07) is 5.06. The fourth-order valence-corrected chi connectivity index (χ4v) is 5.24. The fraction of sp³-hybridized carbons (Fsp3) is 0.444. The lowest BCUT2D eigenvalue weighted by molar-refractivity contribution is -0.156. The van der Waals surface area contributed by atoms with Crippen LogP contribution in [0.4, 0.5) is 0 Å². The average Bonchev–Trinajstić information content (AvgIpc) is 3.18. The van der Waals surface area contributed by atoms with Crippen molar-refractivity contribution in [3.63, 3.8) is 0 Å². The van der Waals surface area contributed by atoms with E-state index in [4.69, 9.17) is 4.74 Å². The second-order valence-corrected chi connectivity index (χ2v) is 7.63. The van der Waals surface area contributed by atoms with Gasteiger partial charge in [0.1, 0.15) is 12.1 Å². The second kappa shape index (κ2) is 6.42. The number of thioether (sulfide) groups is 1. The molecule has 4 rings (SSSR count). The van der Waals surface area contributed by atoms with E-state index >= 15 is 0 Å². The van der Waals surface area contributed by atoms with E-state index in [1.54, 1.807) is 43.0 Å². The summed E-state index contributed by atoms with van der Waals surface area (Å²) >= 11 is 1.54. The van der Waals surface area contributed by atoms with Crippen molar-refractivity contribution in [1.82, 2.24) is 9.80 Å². The number of piperidine rings is 1. The molecule has 3 amide bonds. The number of hydrogen-bond donors (Lipinski definition) is 0. The second-order valence-electron chi connectivity index (χ2n) is 6.42. The van der Waals surface area contributed by atoms with Crippen molar-refractivity contribution in [3.8, 4) is 0 Å². The number of fused-ring (bicyclic) bond motifs is 2. The Balaban J connectivity index is 1.61. The van der Waals surface area contributed by atoms with Crippen LogP contribution >= 0.6 is 11.8 Å². The van der Waals surface area contributed by atoms with Gasteiger partial charge in [-0.2, -0.15) is 0 Å². The number of benzene rings is 1. The number of imide groups is 1. The highest BCUT2D eigenvalue weighted by Gasteiger charge is 2.52. The minimum Gasteiger partial charge on any atom is -0.464 e. The van der Waals surface area contributed by atoms with Gasteiger partial charge >= 0.3 is 5.97 Å². The van der Waals surface area contributed by atoms with Crippen LogP contribution < -0.4 is 0 Å². The first-order valence-electron chi connectivity index (χ1n) is 8.62. The molecule has 3 atom stereocenters. The molecule has 136 valence electrons. The van der Waals surface area contributed by atoms with E-state index in [0.717, 1.165) is 4.90 Å². The molecular formula is C18H18N2O5S. The summed E-state index contributed by atoms with van der Waals surface area (Å²) in [5.74, 6) is -1.19. The molecule has 0 unspecified atom stereocenters. The van der Waals surface area contributed by atoms with Gasteiger partial charge in [-0.25, -0.2) is 4.79 Å². The summed E-state index contributed by atoms with van der Waals surface area (Å²) in [6.45, 7) is 1.96. The normalized spacial score (nSPS) is 27.6. The zero-order valence-electron chi connectivity index (χ0n) is 14.2. The molecule has 0 spiro atoms. The van der Waals surface area contributed by atoms with Crippen LogP contribution in [0.3, 0.4) is 0 Å². The molecule has 2 saturated heterocycles. The Hall–Kier alpha value is -2.35. The minimum atomic E-state index is -0.866.